The lowest BCUT2D eigenvalue weighted by atomic mass is 9.76. The number of methoxy groups -OCH3 is 1. The summed E-state index contributed by atoms with van der Waals surface area (Å²) in [7, 11) is 1.55. The maximum absolute atomic E-state index is 11.3. The molecule has 1 aliphatic carbocycles. The minimum atomic E-state index is -0.364. The Morgan fingerprint density at radius 3 is 2.88 bits per heavy atom. The average molecular weight is 401 g/mol. The molecule has 5 nitrogen and oxygen atoms in total. The first-order valence-electron chi connectivity index (χ1n) is 8.13. The summed E-state index contributed by atoms with van der Waals surface area (Å²) >= 11 is 3.54. The molecule has 0 saturated heterocycles. The lowest BCUT2D eigenvalue weighted by Crippen LogP contribution is -2.29. The van der Waals surface area contributed by atoms with E-state index in [-0.39, 0.29) is 22.6 Å². The second kappa shape index (κ2) is 6.19. The van der Waals surface area contributed by atoms with E-state index in [0.29, 0.717) is 11.7 Å². The van der Waals surface area contributed by atoms with E-state index < -0.39 is 0 Å². The number of fused-ring (bicyclic) bond motifs is 3. The van der Waals surface area contributed by atoms with Crippen LogP contribution in [0.2, 0.25) is 0 Å². The molecule has 0 fully saturated rings. The molecule has 1 aliphatic heterocycles. The van der Waals surface area contributed by atoms with Crippen molar-refractivity contribution in [3.05, 3.63) is 74.3 Å². The number of non-ortho nitro benzene ring substituents is 1. The maximum atomic E-state index is 11.3. The van der Waals surface area contributed by atoms with Gasteiger partial charge in [-0.25, -0.2) is 0 Å². The molecule has 0 radical (unpaired) electrons. The van der Waals surface area contributed by atoms with Gasteiger partial charge >= 0.3 is 0 Å². The number of nitrogens with zero attached hydrogens (tertiary/aromatic N) is 1. The van der Waals surface area contributed by atoms with Gasteiger partial charge in [-0.3, -0.25) is 10.1 Å². The van der Waals surface area contributed by atoms with Crippen LogP contribution in [0.4, 0.5) is 11.4 Å². The zero-order valence-corrected chi connectivity index (χ0v) is 15.2. The molecule has 1 heterocycles. The van der Waals surface area contributed by atoms with Gasteiger partial charge in [0.15, 0.2) is 0 Å². The molecule has 0 unspecified atom stereocenters. The predicted octanol–water partition coefficient (Wildman–Crippen LogP) is 5.19. The third-order valence-electron chi connectivity index (χ3n) is 5.06. The molecule has 0 aromatic heterocycles. The number of halogens is 1. The fourth-order valence-corrected chi connectivity index (χ4v) is 4.37. The van der Waals surface area contributed by atoms with E-state index in [1.807, 2.05) is 12.1 Å². The Morgan fingerprint density at radius 2 is 2.16 bits per heavy atom. The van der Waals surface area contributed by atoms with Crippen LogP contribution in [0.3, 0.4) is 0 Å². The lowest BCUT2D eigenvalue weighted by molar-refractivity contribution is -0.385. The zero-order valence-electron chi connectivity index (χ0n) is 13.6. The van der Waals surface area contributed by atoms with Crippen LogP contribution >= 0.6 is 15.9 Å². The van der Waals surface area contributed by atoms with Gasteiger partial charge in [0.25, 0.3) is 5.69 Å². The molecule has 2 aliphatic rings. The third kappa shape index (κ3) is 2.70. The second-order valence-electron chi connectivity index (χ2n) is 6.40. The molecule has 0 amide bonds. The van der Waals surface area contributed by atoms with Gasteiger partial charge in [0.1, 0.15) is 5.75 Å². The summed E-state index contributed by atoms with van der Waals surface area (Å²) in [6.07, 6.45) is 5.28. The van der Waals surface area contributed by atoms with Crippen molar-refractivity contribution in [2.75, 3.05) is 12.4 Å². The number of hydrogen-bond donors (Lipinski definition) is 1. The monoisotopic (exact) mass is 400 g/mol. The summed E-state index contributed by atoms with van der Waals surface area (Å²) in [4.78, 5) is 10.9. The van der Waals surface area contributed by atoms with Gasteiger partial charge in [-0.05, 0) is 35.6 Å². The summed E-state index contributed by atoms with van der Waals surface area (Å²) in [5, 5.41) is 14.9. The Bertz CT molecular complexity index is 881. The third-order valence-corrected chi connectivity index (χ3v) is 5.55. The lowest BCUT2D eigenvalue weighted by Gasteiger charge is -2.38. The van der Waals surface area contributed by atoms with E-state index >= 15 is 0 Å². The fraction of sp³-hybridized carbons (Fsp3) is 0.263. The van der Waals surface area contributed by atoms with Crippen molar-refractivity contribution in [1.29, 1.82) is 0 Å². The van der Waals surface area contributed by atoms with Crippen LogP contribution < -0.4 is 10.1 Å². The molecule has 0 bridgehead atoms. The van der Waals surface area contributed by atoms with Crippen LogP contribution in [-0.4, -0.2) is 12.0 Å². The van der Waals surface area contributed by atoms with E-state index in [1.165, 1.54) is 11.6 Å². The normalized spacial score (nSPS) is 23.5. The number of rotatable bonds is 3. The number of anilines is 1. The Hall–Kier alpha value is -2.34. The standard InChI is InChI=1S/C19H17BrN2O3/c1-25-17-10-13(22(23)24)9-16-14-6-3-7-15(14)18(21-19(16)17)11-4-2-5-12(20)8-11/h2-6,8-10,14-15,18,21H,7H2,1H3/t14-,15+,18-/m1/s1. The molecule has 0 spiro atoms. The number of hydrogen-bond acceptors (Lipinski definition) is 4. The summed E-state index contributed by atoms with van der Waals surface area (Å²) in [6, 6.07) is 11.6. The van der Waals surface area contributed by atoms with Crippen molar-refractivity contribution in [3.63, 3.8) is 0 Å². The topological polar surface area (TPSA) is 64.4 Å². The summed E-state index contributed by atoms with van der Waals surface area (Å²) in [5.74, 6) is 0.991. The zero-order chi connectivity index (χ0) is 17.6. The highest BCUT2D eigenvalue weighted by atomic mass is 79.9. The van der Waals surface area contributed by atoms with E-state index in [9.17, 15) is 10.1 Å². The van der Waals surface area contributed by atoms with Crippen molar-refractivity contribution in [1.82, 2.24) is 0 Å². The van der Waals surface area contributed by atoms with Gasteiger partial charge in [-0.2, -0.15) is 0 Å². The van der Waals surface area contributed by atoms with Gasteiger partial charge in [-0.15, -0.1) is 0 Å². The first-order chi connectivity index (χ1) is 12.1. The van der Waals surface area contributed by atoms with Crippen LogP contribution in [0.5, 0.6) is 5.75 Å². The molecule has 1 N–H and O–H groups in total. The van der Waals surface area contributed by atoms with Gasteiger partial charge in [0, 0.05) is 16.5 Å². The number of nitro benzene ring substituents is 1. The Labute approximate surface area is 154 Å². The average Bonchev–Trinajstić information content (AvgIpc) is 3.10. The van der Waals surface area contributed by atoms with Crippen LogP contribution in [0.25, 0.3) is 0 Å². The molecule has 2 aromatic carbocycles. The second-order valence-corrected chi connectivity index (χ2v) is 7.32. The van der Waals surface area contributed by atoms with E-state index in [1.54, 1.807) is 13.2 Å². The largest absolute Gasteiger partial charge is 0.494 e. The van der Waals surface area contributed by atoms with Crippen molar-refractivity contribution < 1.29 is 9.66 Å². The first-order valence-corrected chi connectivity index (χ1v) is 8.93. The van der Waals surface area contributed by atoms with E-state index in [4.69, 9.17) is 4.74 Å². The van der Waals surface area contributed by atoms with E-state index in [2.05, 4.69) is 45.5 Å². The number of nitrogens with one attached hydrogen (secondary N) is 1. The number of allylic oxidation sites excluding steroid dienone is 2. The van der Waals surface area contributed by atoms with Gasteiger partial charge in [-0.1, -0.05) is 40.2 Å². The summed E-state index contributed by atoms with van der Waals surface area (Å²) in [6.45, 7) is 0. The molecule has 0 saturated carbocycles. The molecule has 2 aromatic rings. The number of ether oxygens (including phenoxy) is 1. The predicted molar refractivity (Wildman–Crippen MR) is 100 cm³/mol. The minimum absolute atomic E-state index is 0.0670. The van der Waals surface area contributed by atoms with Crippen molar-refractivity contribution in [2.45, 2.75) is 18.4 Å². The smallest absolute Gasteiger partial charge is 0.273 e. The number of nitro groups is 1. The van der Waals surface area contributed by atoms with E-state index in [0.717, 1.165) is 22.1 Å². The van der Waals surface area contributed by atoms with Crippen LogP contribution in [0.1, 0.15) is 29.5 Å². The van der Waals surface area contributed by atoms with Crippen LogP contribution in [-0.2, 0) is 0 Å². The quantitative estimate of drug-likeness (QED) is 0.437. The molecule has 128 valence electrons. The molecule has 3 atom stereocenters. The molecular formula is C19H17BrN2O3. The van der Waals surface area contributed by atoms with Gasteiger partial charge < -0.3 is 10.1 Å². The van der Waals surface area contributed by atoms with Crippen LogP contribution in [0.15, 0.2) is 53.0 Å². The number of benzene rings is 2. The SMILES string of the molecule is COc1cc([N+](=O)[O-])cc2c1N[C@H](c1cccc(Br)c1)[C@H]1CC=C[C@@H]21. The molecule has 25 heavy (non-hydrogen) atoms. The fourth-order valence-electron chi connectivity index (χ4n) is 3.95. The molecule has 4 rings (SSSR count). The highest BCUT2D eigenvalue weighted by molar-refractivity contribution is 9.10. The molecular weight excluding hydrogens is 384 g/mol. The first kappa shape index (κ1) is 16.1. The highest BCUT2D eigenvalue weighted by Gasteiger charge is 2.40. The van der Waals surface area contributed by atoms with Crippen molar-refractivity contribution >= 4 is 27.3 Å². The maximum Gasteiger partial charge on any atom is 0.273 e. The summed E-state index contributed by atoms with van der Waals surface area (Å²) in [5.41, 5.74) is 3.05. The molecule has 6 heteroatoms. The highest BCUT2D eigenvalue weighted by Crippen LogP contribution is 2.53. The van der Waals surface area contributed by atoms with Crippen molar-refractivity contribution in [3.8, 4) is 5.75 Å². The summed E-state index contributed by atoms with van der Waals surface area (Å²) < 4.78 is 6.50. The van der Waals surface area contributed by atoms with Crippen molar-refractivity contribution in [2.24, 2.45) is 5.92 Å². The Kier molecular flexibility index (Phi) is 4.00. The van der Waals surface area contributed by atoms with Crippen LogP contribution in [0, 0.1) is 16.0 Å². The Morgan fingerprint density at radius 1 is 1.32 bits per heavy atom. The Balaban J connectivity index is 1.85. The van der Waals surface area contributed by atoms with Gasteiger partial charge in [0.05, 0.1) is 29.8 Å². The minimum Gasteiger partial charge on any atom is -0.494 e. The van der Waals surface area contributed by atoms with Gasteiger partial charge in [0.2, 0.25) is 0 Å².